The van der Waals surface area contributed by atoms with E-state index in [1.54, 1.807) is 0 Å². The van der Waals surface area contributed by atoms with E-state index in [0.717, 1.165) is 25.5 Å². The third-order valence-electron chi connectivity index (χ3n) is 3.81. The molecule has 1 aromatic rings. The van der Waals surface area contributed by atoms with Crippen molar-refractivity contribution >= 4 is 0 Å². The molecule has 1 aromatic heterocycles. The lowest BCUT2D eigenvalue weighted by atomic mass is 10.1. The maximum atomic E-state index is 4.55. The van der Waals surface area contributed by atoms with Gasteiger partial charge in [0.05, 0.1) is 6.04 Å². The number of aromatic amines is 1. The summed E-state index contributed by atoms with van der Waals surface area (Å²) in [4.78, 5) is 13.1. The molecule has 0 spiro atoms. The fourth-order valence-electron chi connectivity index (χ4n) is 2.77. The van der Waals surface area contributed by atoms with Gasteiger partial charge in [0.25, 0.3) is 0 Å². The Morgan fingerprint density at radius 3 is 2.88 bits per heavy atom. The molecule has 0 aromatic carbocycles. The number of aromatic nitrogens is 2. The Bertz CT molecular complexity index is 367. The lowest BCUT2D eigenvalue weighted by molar-refractivity contribution is 0.00895. The van der Waals surface area contributed by atoms with Crippen LogP contribution in [0.4, 0.5) is 0 Å². The highest BCUT2D eigenvalue weighted by atomic mass is 15.4. The molecule has 3 aliphatic heterocycles. The zero-order valence-electron chi connectivity index (χ0n) is 10.4. The molecule has 5 nitrogen and oxygen atoms in total. The van der Waals surface area contributed by atoms with Gasteiger partial charge < -0.3 is 10.3 Å². The van der Waals surface area contributed by atoms with Gasteiger partial charge in [0.15, 0.2) is 0 Å². The molecule has 2 N–H and O–H groups in total. The lowest BCUT2D eigenvalue weighted by Crippen LogP contribution is -2.57. The van der Waals surface area contributed by atoms with Crippen LogP contribution in [-0.2, 0) is 6.54 Å². The molecule has 0 radical (unpaired) electrons. The third-order valence-corrected chi connectivity index (χ3v) is 3.81. The van der Waals surface area contributed by atoms with Crippen LogP contribution >= 0.6 is 0 Å². The maximum absolute atomic E-state index is 4.55. The van der Waals surface area contributed by atoms with Gasteiger partial charge in [0, 0.05) is 51.2 Å². The van der Waals surface area contributed by atoms with Crippen molar-refractivity contribution in [2.75, 3.05) is 39.3 Å². The second-order valence-corrected chi connectivity index (χ2v) is 4.93. The summed E-state index contributed by atoms with van der Waals surface area (Å²) in [5.74, 6) is 1.14. The first-order valence-electron chi connectivity index (χ1n) is 6.57. The number of rotatable bonds is 4. The van der Waals surface area contributed by atoms with Crippen LogP contribution in [0.15, 0.2) is 6.20 Å². The van der Waals surface area contributed by atoms with Crippen molar-refractivity contribution in [3.05, 3.63) is 17.7 Å². The molecule has 5 heteroatoms. The topological polar surface area (TPSA) is 47.2 Å². The number of imidazole rings is 1. The maximum Gasteiger partial charge on any atom is 0.125 e. The molecule has 0 saturated carbocycles. The molecule has 17 heavy (non-hydrogen) atoms. The van der Waals surface area contributed by atoms with Gasteiger partial charge in [-0.3, -0.25) is 9.80 Å². The highest BCUT2D eigenvalue weighted by Gasteiger charge is 2.34. The summed E-state index contributed by atoms with van der Waals surface area (Å²) in [6.07, 6.45) is 1.97. The van der Waals surface area contributed by atoms with E-state index >= 15 is 0 Å². The highest BCUT2D eigenvalue weighted by Crippen LogP contribution is 2.26. The second kappa shape index (κ2) is 4.76. The van der Waals surface area contributed by atoms with E-state index in [2.05, 4.69) is 32.0 Å². The molecule has 3 fully saturated rings. The Kier molecular flexibility index (Phi) is 3.13. The van der Waals surface area contributed by atoms with Gasteiger partial charge in [-0.05, 0) is 6.54 Å². The summed E-state index contributed by atoms with van der Waals surface area (Å²) < 4.78 is 0. The van der Waals surface area contributed by atoms with Crippen LogP contribution < -0.4 is 5.32 Å². The summed E-state index contributed by atoms with van der Waals surface area (Å²) in [6.45, 7) is 9.97. The summed E-state index contributed by atoms with van der Waals surface area (Å²) in [5.41, 5.74) is 1.19. The first kappa shape index (κ1) is 11.2. The largest absolute Gasteiger partial charge is 0.343 e. The van der Waals surface area contributed by atoms with Crippen LogP contribution in [0.5, 0.6) is 0 Å². The fraction of sp³-hybridized carbons (Fsp3) is 0.750. The highest BCUT2D eigenvalue weighted by molar-refractivity contribution is 5.08. The molecule has 3 aliphatic rings. The molecule has 4 rings (SSSR count). The standard InChI is InChI=1S/C12H21N5/c1-2-13-7-10-8-14-12(15-10)11-9-16-3-5-17(11)6-4-16/h8,11,13H,2-7,9H2,1H3,(H,14,15). The van der Waals surface area contributed by atoms with Gasteiger partial charge in [-0.25, -0.2) is 4.98 Å². The average molecular weight is 235 g/mol. The first-order valence-corrected chi connectivity index (χ1v) is 6.57. The van der Waals surface area contributed by atoms with Crippen molar-refractivity contribution in [3.63, 3.8) is 0 Å². The SMILES string of the molecule is CCNCc1cnc(C2CN3CCN2CC3)[nH]1. The Hall–Kier alpha value is -0.910. The number of hydrogen-bond acceptors (Lipinski definition) is 4. The summed E-state index contributed by atoms with van der Waals surface area (Å²) in [5, 5.41) is 3.32. The van der Waals surface area contributed by atoms with E-state index in [0.29, 0.717) is 6.04 Å². The monoisotopic (exact) mass is 235 g/mol. The van der Waals surface area contributed by atoms with Gasteiger partial charge in [-0.15, -0.1) is 0 Å². The summed E-state index contributed by atoms with van der Waals surface area (Å²) in [7, 11) is 0. The van der Waals surface area contributed by atoms with E-state index in [-0.39, 0.29) is 0 Å². The van der Waals surface area contributed by atoms with E-state index in [4.69, 9.17) is 0 Å². The van der Waals surface area contributed by atoms with E-state index in [9.17, 15) is 0 Å². The Labute approximate surface area is 102 Å². The fourth-order valence-corrected chi connectivity index (χ4v) is 2.77. The van der Waals surface area contributed by atoms with Crippen molar-refractivity contribution in [2.45, 2.75) is 19.5 Å². The minimum atomic E-state index is 0.480. The van der Waals surface area contributed by atoms with Crippen LogP contribution in [0.25, 0.3) is 0 Å². The molecule has 1 unspecified atom stereocenters. The predicted octanol–water partition coefficient (Wildman–Crippen LogP) is 0.192. The van der Waals surface area contributed by atoms with Crippen LogP contribution in [-0.4, -0.2) is 59.0 Å². The second-order valence-electron chi connectivity index (χ2n) is 4.93. The third kappa shape index (κ3) is 2.22. The number of nitrogens with one attached hydrogen (secondary N) is 2. The van der Waals surface area contributed by atoms with Gasteiger partial charge in [0.1, 0.15) is 5.82 Å². The average Bonchev–Trinajstić information content (AvgIpc) is 2.86. The van der Waals surface area contributed by atoms with Crippen LogP contribution in [0.3, 0.4) is 0 Å². The molecular weight excluding hydrogens is 214 g/mol. The summed E-state index contributed by atoms with van der Waals surface area (Å²) >= 11 is 0. The molecule has 0 amide bonds. The van der Waals surface area contributed by atoms with E-state index < -0.39 is 0 Å². The molecular formula is C12H21N5. The molecule has 4 heterocycles. The normalized spacial score (nSPS) is 31.9. The zero-order valence-corrected chi connectivity index (χ0v) is 10.4. The van der Waals surface area contributed by atoms with Crippen molar-refractivity contribution in [2.24, 2.45) is 0 Å². The van der Waals surface area contributed by atoms with Crippen molar-refractivity contribution < 1.29 is 0 Å². The van der Waals surface area contributed by atoms with Crippen LogP contribution in [0.1, 0.15) is 24.5 Å². The smallest absolute Gasteiger partial charge is 0.125 e. The minimum absolute atomic E-state index is 0.480. The van der Waals surface area contributed by atoms with Gasteiger partial charge >= 0.3 is 0 Å². The zero-order chi connectivity index (χ0) is 11.7. The van der Waals surface area contributed by atoms with Gasteiger partial charge in [-0.2, -0.15) is 0 Å². The first-order chi connectivity index (χ1) is 8.36. The molecule has 3 saturated heterocycles. The Morgan fingerprint density at radius 2 is 2.24 bits per heavy atom. The van der Waals surface area contributed by atoms with Crippen molar-refractivity contribution in [3.8, 4) is 0 Å². The summed E-state index contributed by atoms with van der Waals surface area (Å²) in [6, 6.07) is 0.480. The van der Waals surface area contributed by atoms with Crippen molar-refractivity contribution in [1.29, 1.82) is 0 Å². The quantitative estimate of drug-likeness (QED) is 0.782. The number of fused-ring (bicyclic) bond motifs is 3. The Morgan fingerprint density at radius 1 is 1.41 bits per heavy atom. The van der Waals surface area contributed by atoms with Crippen molar-refractivity contribution in [1.82, 2.24) is 25.1 Å². The molecule has 1 atom stereocenters. The minimum Gasteiger partial charge on any atom is -0.343 e. The number of hydrogen-bond donors (Lipinski definition) is 2. The Balaban J connectivity index is 1.69. The molecule has 2 bridgehead atoms. The van der Waals surface area contributed by atoms with E-state index in [1.807, 2.05) is 6.20 Å². The molecule has 0 aliphatic carbocycles. The van der Waals surface area contributed by atoms with Crippen LogP contribution in [0, 0.1) is 0 Å². The number of piperazine rings is 3. The van der Waals surface area contributed by atoms with E-state index in [1.165, 1.54) is 31.9 Å². The predicted molar refractivity (Wildman–Crippen MR) is 66.7 cm³/mol. The van der Waals surface area contributed by atoms with Crippen LogP contribution in [0.2, 0.25) is 0 Å². The van der Waals surface area contributed by atoms with Gasteiger partial charge in [0.2, 0.25) is 0 Å². The van der Waals surface area contributed by atoms with Gasteiger partial charge in [-0.1, -0.05) is 6.92 Å². The lowest BCUT2D eigenvalue weighted by Gasteiger charge is -2.46. The number of nitrogens with zero attached hydrogens (tertiary/aromatic N) is 3. The molecule has 94 valence electrons. The number of H-pyrrole nitrogens is 1.